The summed E-state index contributed by atoms with van der Waals surface area (Å²) < 4.78 is 55.1. The quantitative estimate of drug-likeness (QED) is 0.182. The number of carbonyl (C=O) groups is 2. The second kappa shape index (κ2) is 9.72. The number of hydrogen-bond acceptors (Lipinski definition) is 8. The lowest BCUT2D eigenvalue weighted by molar-refractivity contribution is -0.190. The maximum absolute atomic E-state index is 13.4. The molecule has 0 unspecified atom stereocenters. The second-order valence-electron chi connectivity index (χ2n) is 5.86. The van der Waals surface area contributed by atoms with Gasteiger partial charge < -0.3 is 19.0 Å². The van der Waals surface area contributed by atoms with Gasteiger partial charge in [0, 0.05) is 16.5 Å². The first-order chi connectivity index (χ1) is 13.6. The third-order valence-electron chi connectivity index (χ3n) is 3.71. The summed E-state index contributed by atoms with van der Waals surface area (Å²) in [5.41, 5.74) is -0.0518. The van der Waals surface area contributed by atoms with E-state index < -0.39 is 36.6 Å². The molecule has 1 heterocycles. The van der Waals surface area contributed by atoms with Gasteiger partial charge in [-0.3, -0.25) is 4.79 Å². The fourth-order valence-electron chi connectivity index (χ4n) is 2.48. The number of benzene rings is 1. The highest BCUT2D eigenvalue weighted by Crippen LogP contribution is 2.40. The van der Waals surface area contributed by atoms with Gasteiger partial charge in [0.2, 0.25) is 12.9 Å². The summed E-state index contributed by atoms with van der Waals surface area (Å²) >= 11 is 3.23. The molecule has 0 aliphatic carbocycles. The molecule has 29 heavy (non-hydrogen) atoms. The third kappa shape index (κ3) is 6.17. The number of fused-ring (bicyclic) bond motifs is 1. The van der Waals surface area contributed by atoms with Crippen molar-refractivity contribution in [3.8, 4) is 5.75 Å². The number of ether oxygens (including phenoxy) is 3. The Morgan fingerprint density at radius 3 is 2.66 bits per heavy atom. The molecule has 0 saturated heterocycles. The normalized spacial score (nSPS) is 15.5. The van der Waals surface area contributed by atoms with Crippen molar-refractivity contribution >= 4 is 33.9 Å². The molecule has 0 bridgehead atoms. The van der Waals surface area contributed by atoms with Crippen molar-refractivity contribution < 1.29 is 41.8 Å². The van der Waals surface area contributed by atoms with E-state index >= 15 is 0 Å². The Bertz CT molecular complexity index is 826. The van der Waals surface area contributed by atoms with Gasteiger partial charge in [-0.05, 0) is 37.1 Å². The monoisotopic (exact) mass is 481 g/mol. The minimum atomic E-state index is -4.87. The molecule has 1 aromatic carbocycles. The molecule has 0 saturated carbocycles. The summed E-state index contributed by atoms with van der Waals surface area (Å²) in [6.45, 7) is 0.588. The smallest absolute Gasteiger partial charge is 0.430 e. The van der Waals surface area contributed by atoms with Crippen LogP contribution in [0.5, 0.6) is 5.75 Å². The molecule has 1 atom stereocenters. The van der Waals surface area contributed by atoms with Crippen LogP contribution in [0.3, 0.4) is 0 Å². The van der Waals surface area contributed by atoms with E-state index in [0.29, 0.717) is 10.0 Å². The van der Waals surface area contributed by atoms with Crippen molar-refractivity contribution in [2.75, 3.05) is 13.4 Å². The van der Waals surface area contributed by atoms with Crippen molar-refractivity contribution in [2.24, 2.45) is 5.34 Å². The highest BCUT2D eigenvalue weighted by atomic mass is 79.9. The fourth-order valence-corrected chi connectivity index (χ4v) is 3.07. The van der Waals surface area contributed by atoms with E-state index in [-0.39, 0.29) is 30.8 Å². The first-order valence-electron chi connectivity index (χ1n) is 8.16. The van der Waals surface area contributed by atoms with Gasteiger partial charge in [0.15, 0.2) is 5.34 Å². The van der Waals surface area contributed by atoms with Crippen LogP contribution in [-0.2, 0) is 23.9 Å². The summed E-state index contributed by atoms with van der Waals surface area (Å²) in [4.78, 5) is 37.5. The van der Waals surface area contributed by atoms with Crippen LogP contribution in [0, 0.1) is 11.8 Å². The highest BCUT2D eigenvalue weighted by Gasteiger charge is 2.49. The SMILES string of the molecule is Cc1cc(Br)cc2c1O[C@H](C(F)(F)F)C(C(=O)OCOC(=O)CCCON=O)=C2. The lowest BCUT2D eigenvalue weighted by Crippen LogP contribution is -2.41. The van der Waals surface area contributed by atoms with Crippen LogP contribution in [0.4, 0.5) is 13.2 Å². The van der Waals surface area contributed by atoms with E-state index in [1.54, 1.807) is 13.0 Å². The van der Waals surface area contributed by atoms with Gasteiger partial charge >= 0.3 is 18.1 Å². The summed E-state index contributed by atoms with van der Waals surface area (Å²) in [6.07, 6.45) is -6.40. The van der Waals surface area contributed by atoms with Crippen molar-refractivity contribution in [3.05, 3.63) is 38.2 Å². The zero-order chi connectivity index (χ0) is 21.6. The van der Waals surface area contributed by atoms with Gasteiger partial charge in [-0.15, -0.1) is 4.91 Å². The highest BCUT2D eigenvalue weighted by molar-refractivity contribution is 9.10. The molecule has 158 valence electrons. The van der Waals surface area contributed by atoms with E-state index in [9.17, 15) is 27.7 Å². The molecule has 0 aromatic heterocycles. The van der Waals surface area contributed by atoms with Crippen molar-refractivity contribution in [1.29, 1.82) is 0 Å². The molecule has 0 fully saturated rings. The predicted molar refractivity (Wildman–Crippen MR) is 95.4 cm³/mol. The molecule has 0 radical (unpaired) electrons. The summed E-state index contributed by atoms with van der Waals surface area (Å²) in [7, 11) is 0. The predicted octanol–water partition coefficient (Wildman–Crippen LogP) is 3.99. The van der Waals surface area contributed by atoms with Gasteiger partial charge in [0.05, 0.1) is 5.57 Å². The molecular weight excluding hydrogens is 467 g/mol. The summed E-state index contributed by atoms with van der Waals surface area (Å²) in [5, 5.41) is 2.14. The minimum Gasteiger partial charge on any atom is -0.475 e. The molecule has 1 aliphatic heterocycles. The lowest BCUT2D eigenvalue weighted by Gasteiger charge is -2.28. The summed E-state index contributed by atoms with van der Waals surface area (Å²) in [5.74, 6) is -2.12. The van der Waals surface area contributed by atoms with E-state index in [1.165, 1.54) is 6.07 Å². The van der Waals surface area contributed by atoms with Crippen LogP contribution in [-0.4, -0.2) is 37.6 Å². The maximum atomic E-state index is 13.4. The molecule has 8 nitrogen and oxygen atoms in total. The number of halogens is 4. The van der Waals surface area contributed by atoms with Crippen LogP contribution in [0.15, 0.2) is 27.5 Å². The third-order valence-corrected chi connectivity index (χ3v) is 4.17. The number of rotatable bonds is 8. The largest absolute Gasteiger partial charge is 0.475 e. The molecule has 0 N–H and O–H groups in total. The standard InChI is InChI=1S/C17H15BrF3NO7/c1-9-5-11(18)6-10-7-12(15(17(19,20)21)29-14(9)10)16(24)27-8-26-13(23)3-2-4-28-22-25/h5-7,15H,2-4,8H2,1H3/t15-/m0/s1. The Balaban J connectivity index is 2.06. The zero-order valence-electron chi connectivity index (χ0n) is 15.0. The Labute approximate surface area is 171 Å². The van der Waals surface area contributed by atoms with E-state index in [0.717, 1.165) is 6.08 Å². The van der Waals surface area contributed by atoms with Crippen LogP contribution in [0.2, 0.25) is 0 Å². The number of hydrogen-bond donors (Lipinski definition) is 0. The number of esters is 2. The van der Waals surface area contributed by atoms with Crippen LogP contribution >= 0.6 is 15.9 Å². The van der Waals surface area contributed by atoms with Gasteiger partial charge in [-0.2, -0.15) is 13.2 Å². The molecule has 12 heteroatoms. The van der Waals surface area contributed by atoms with E-state index in [2.05, 4.69) is 35.6 Å². The van der Waals surface area contributed by atoms with Crippen LogP contribution in [0.1, 0.15) is 24.0 Å². The van der Waals surface area contributed by atoms with E-state index in [4.69, 9.17) is 4.74 Å². The Kier molecular flexibility index (Phi) is 7.59. The minimum absolute atomic E-state index is 0.00513. The van der Waals surface area contributed by atoms with Crippen molar-refractivity contribution in [3.63, 3.8) is 0 Å². The topological polar surface area (TPSA) is 100 Å². The van der Waals surface area contributed by atoms with Crippen LogP contribution < -0.4 is 4.74 Å². The number of aryl methyl sites for hydroxylation is 1. The first-order valence-corrected chi connectivity index (χ1v) is 8.95. The number of carbonyl (C=O) groups excluding carboxylic acids is 2. The van der Waals surface area contributed by atoms with Crippen molar-refractivity contribution in [2.45, 2.75) is 32.0 Å². The lowest BCUT2D eigenvalue weighted by atomic mass is 9.99. The average Bonchev–Trinajstić information content (AvgIpc) is 2.63. The number of nitrogens with zero attached hydrogens (tertiary/aromatic N) is 1. The van der Waals surface area contributed by atoms with Gasteiger partial charge in [0.25, 0.3) is 0 Å². The average molecular weight is 482 g/mol. The Morgan fingerprint density at radius 1 is 1.28 bits per heavy atom. The molecule has 0 spiro atoms. The van der Waals surface area contributed by atoms with Gasteiger partial charge in [-0.1, -0.05) is 15.9 Å². The fraction of sp³-hybridized carbons (Fsp3) is 0.412. The van der Waals surface area contributed by atoms with E-state index in [1.807, 2.05) is 0 Å². The Hall–Kier alpha value is -2.63. The maximum Gasteiger partial charge on any atom is 0.430 e. The molecule has 2 rings (SSSR count). The zero-order valence-corrected chi connectivity index (χ0v) is 16.5. The molecular formula is C17H15BrF3NO7. The first kappa shape index (κ1) is 22.7. The second-order valence-corrected chi connectivity index (χ2v) is 6.77. The number of alkyl halides is 3. The summed E-state index contributed by atoms with van der Waals surface area (Å²) in [6, 6.07) is 3.08. The molecule has 1 aliphatic rings. The molecule has 0 amide bonds. The van der Waals surface area contributed by atoms with Crippen LogP contribution in [0.25, 0.3) is 6.08 Å². The van der Waals surface area contributed by atoms with Crippen molar-refractivity contribution in [1.82, 2.24) is 0 Å². The van der Waals surface area contributed by atoms with Gasteiger partial charge in [0.1, 0.15) is 12.4 Å². The molecule has 1 aromatic rings. The Morgan fingerprint density at radius 2 is 2.00 bits per heavy atom. The van der Waals surface area contributed by atoms with Gasteiger partial charge in [-0.25, -0.2) is 4.79 Å².